The van der Waals surface area contributed by atoms with Crippen LogP contribution in [0.15, 0.2) is 24.3 Å². The highest BCUT2D eigenvalue weighted by Gasteiger charge is 2.30. The molecule has 0 bridgehead atoms. The van der Waals surface area contributed by atoms with Gasteiger partial charge >= 0.3 is 6.18 Å². The topological polar surface area (TPSA) is 66.9 Å². The normalized spacial score (nSPS) is 11.5. The van der Waals surface area contributed by atoms with Crippen LogP contribution in [0.5, 0.6) is 0 Å². The van der Waals surface area contributed by atoms with Gasteiger partial charge in [-0.25, -0.2) is 0 Å². The van der Waals surface area contributed by atoms with E-state index in [0.29, 0.717) is 10.3 Å². The van der Waals surface area contributed by atoms with Gasteiger partial charge < -0.3 is 5.32 Å². The quantitative estimate of drug-likeness (QED) is 0.337. The Kier molecular flexibility index (Phi) is 10.1. The Labute approximate surface area is 179 Å². The Balaban J connectivity index is 1.64. The minimum Gasteiger partial charge on any atom is -0.360 e. The molecule has 0 saturated carbocycles. The van der Waals surface area contributed by atoms with Gasteiger partial charge in [0.2, 0.25) is 10.3 Å². The van der Waals surface area contributed by atoms with Gasteiger partial charge in [-0.2, -0.15) is 13.2 Å². The molecule has 1 heterocycles. The van der Waals surface area contributed by atoms with Gasteiger partial charge in [-0.05, 0) is 30.7 Å². The number of benzene rings is 1. The Hall–Kier alpha value is -2.16. The highest BCUT2D eigenvalue weighted by Crippen LogP contribution is 2.29. The lowest BCUT2D eigenvalue weighted by molar-refractivity contribution is -0.137. The van der Waals surface area contributed by atoms with E-state index in [0.717, 1.165) is 43.7 Å². The van der Waals surface area contributed by atoms with E-state index in [2.05, 4.69) is 27.8 Å². The standard InChI is InChI=1S/C21H29F3N4OS/c1-2-3-4-5-6-7-8-9-10-15-25-19-27-28-20(30-19)26-18(29)16-11-13-17(14-12-16)21(22,23)24/h11-14H,2-10,15H2,1H3,(H,25,27)(H,26,28,29). The van der Waals surface area contributed by atoms with Crippen molar-refractivity contribution in [2.75, 3.05) is 17.2 Å². The van der Waals surface area contributed by atoms with Crippen LogP contribution in [0.1, 0.15) is 80.6 Å². The second kappa shape index (κ2) is 12.5. The number of nitrogens with one attached hydrogen (secondary N) is 2. The summed E-state index contributed by atoms with van der Waals surface area (Å²) in [5.74, 6) is -0.523. The summed E-state index contributed by atoms with van der Waals surface area (Å²) in [6.45, 7) is 3.01. The van der Waals surface area contributed by atoms with Crippen molar-refractivity contribution in [1.29, 1.82) is 0 Å². The number of aromatic nitrogens is 2. The number of nitrogens with zero attached hydrogens (tertiary/aromatic N) is 2. The van der Waals surface area contributed by atoms with Crippen LogP contribution in [-0.4, -0.2) is 22.6 Å². The Morgan fingerprint density at radius 1 is 0.900 bits per heavy atom. The first-order valence-corrected chi connectivity index (χ1v) is 11.3. The summed E-state index contributed by atoms with van der Waals surface area (Å²) >= 11 is 1.20. The monoisotopic (exact) mass is 442 g/mol. The zero-order chi connectivity index (χ0) is 21.8. The van der Waals surface area contributed by atoms with Crippen molar-refractivity contribution in [3.63, 3.8) is 0 Å². The minimum atomic E-state index is -4.43. The first kappa shape index (κ1) is 24.1. The molecule has 1 aromatic carbocycles. The zero-order valence-corrected chi connectivity index (χ0v) is 18.0. The van der Waals surface area contributed by atoms with Crippen LogP contribution in [0.2, 0.25) is 0 Å². The predicted molar refractivity (Wildman–Crippen MR) is 115 cm³/mol. The Bertz CT molecular complexity index is 762. The Morgan fingerprint density at radius 3 is 2.07 bits per heavy atom. The molecule has 1 amide bonds. The van der Waals surface area contributed by atoms with E-state index in [-0.39, 0.29) is 5.56 Å². The molecule has 0 aliphatic rings. The zero-order valence-electron chi connectivity index (χ0n) is 17.2. The molecule has 0 aliphatic carbocycles. The number of halogens is 3. The van der Waals surface area contributed by atoms with Crippen molar-refractivity contribution >= 4 is 27.5 Å². The number of rotatable bonds is 13. The molecule has 30 heavy (non-hydrogen) atoms. The third-order valence-electron chi connectivity index (χ3n) is 4.68. The summed E-state index contributed by atoms with van der Waals surface area (Å²) in [4.78, 5) is 12.2. The van der Waals surface area contributed by atoms with Gasteiger partial charge in [-0.1, -0.05) is 69.6 Å². The maximum Gasteiger partial charge on any atom is 0.416 e. The lowest BCUT2D eigenvalue weighted by atomic mass is 10.1. The number of alkyl halides is 3. The van der Waals surface area contributed by atoms with E-state index in [4.69, 9.17) is 0 Å². The second-order valence-corrected chi connectivity index (χ2v) is 8.17. The maximum absolute atomic E-state index is 12.6. The van der Waals surface area contributed by atoms with Crippen LogP contribution in [0.25, 0.3) is 0 Å². The first-order chi connectivity index (χ1) is 14.4. The molecule has 2 N–H and O–H groups in total. The van der Waals surface area contributed by atoms with Crippen LogP contribution < -0.4 is 10.6 Å². The number of carbonyl (C=O) groups excluding carboxylic acids is 1. The number of anilines is 2. The van der Waals surface area contributed by atoms with Gasteiger partial charge in [0, 0.05) is 12.1 Å². The minimum absolute atomic E-state index is 0.127. The van der Waals surface area contributed by atoms with E-state index >= 15 is 0 Å². The summed E-state index contributed by atoms with van der Waals surface area (Å²) in [6.07, 6.45) is 6.89. The van der Waals surface area contributed by atoms with Crippen LogP contribution in [0, 0.1) is 0 Å². The fourth-order valence-electron chi connectivity index (χ4n) is 2.96. The molecular weight excluding hydrogens is 413 g/mol. The first-order valence-electron chi connectivity index (χ1n) is 10.5. The third-order valence-corrected chi connectivity index (χ3v) is 5.47. The summed E-state index contributed by atoms with van der Waals surface area (Å²) in [5.41, 5.74) is -0.666. The molecule has 0 atom stereocenters. The number of hydrogen-bond donors (Lipinski definition) is 2. The molecule has 166 valence electrons. The van der Waals surface area contributed by atoms with E-state index in [9.17, 15) is 18.0 Å². The average molecular weight is 443 g/mol. The molecule has 0 saturated heterocycles. The highest BCUT2D eigenvalue weighted by molar-refractivity contribution is 7.19. The van der Waals surface area contributed by atoms with E-state index < -0.39 is 17.6 Å². The lowest BCUT2D eigenvalue weighted by Crippen LogP contribution is -2.12. The largest absolute Gasteiger partial charge is 0.416 e. The van der Waals surface area contributed by atoms with Gasteiger partial charge in [0.25, 0.3) is 5.91 Å². The second-order valence-electron chi connectivity index (χ2n) is 7.20. The van der Waals surface area contributed by atoms with Gasteiger partial charge in [0.1, 0.15) is 0 Å². The van der Waals surface area contributed by atoms with Crippen molar-refractivity contribution in [2.45, 2.75) is 70.9 Å². The summed E-state index contributed by atoms with van der Waals surface area (Å²) in [7, 11) is 0. The van der Waals surface area contributed by atoms with Crippen molar-refractivity contribution in [3.8, 4) is 0 Å². The molecule has 0 aliphatic heterocycles. The molecule has 2 aromatic rings. The number of carbonyl (C=O) groups is 1. The molecule has 0 spiro atoms. The van der Waals surface area contributed by atoms with Crippen molar-refractivity contribution in [2.24, 2.45) is 0 Å². The number of amides is 1. The SMILES string of the molecule is CCCCCCCCCCCNc1nnc(NC(=O)c2ccc(C(F)(F)F)cc2)s1. The molecule has 2 rings (SSSR count). The van der Waals surface area contributed by atoms with Crippen molar-refractivity contribution < 1.29 is 18.0 Å². The molecular formula is C21H29F3N4OS. The third kappa shape index (κ3) is 8.69. The summed E-state index contributed by atoms with van der Waals surface area (Å²) < 4.78 is 37.8. The predicted octanol–water partition coefficient (Wildman–Crippen LogP) is 6.75. The van der Waals surface area contributed by atoms with Gasteiger partial charge in [-0.3, -0.25) is 10.1 Å². The maximum atomic E-state index is 12.6. The average Bonchev–Trinajstić information content (AvgIpc) is 3.16. The highest BCUT2D eigenvalue weighted by atomic mass is 32.1. The van der Waals surface area contributed by atoms with Gasteiger partial charge in [-0.15, -0.1) is 10.2 Å². The lowest BCUT2D eigenvalue weighted by Gasteiger charge is -2.07. The molecule has 5 nitrogen and oxygen atoms in total. The summed E-state index contributed by atoms with van der Waals surface area (Å²) in [6, 6.07) is 4.05. The van der Waals surface area contributed by atoms with Crippen LogP contribution in [0.3, 0.4) is 0 Å². The fourth-order valence-corrected chi connectivity index (χ4v) is 3.62. The molecule has 1 aromatic heterocycles. The molecule has 9 heteroatoms. The van der Waals surface area contributed by atoms with Crippen molar-refractivity contribution in [1.82, 2.24) is 10.2 Å². The van der Waals surface area contributed by atoms with Crippen LogP contribution >= 0.6 is 11.3 Å². The number of hydrogen-bond acceptors (Lipinski definition) is 5. The fraction of sp³-hybridized carbons (Fsp3) is 0.571. The van der Waals surface area contributed by atoms with Crippen LogP contribution in [0.4, 0.5) is 23.4 Å². The Morgan fingerprint density at radius 2 is 1.47 bits per heavy atom. The molecule has 0 unspecified atom stereocenters. The summed E-state index contributed by atoms with van der Waals surface area (Å²) in [5, 5.41) is 14.5. The van der Waals surface area contributed by atoms with E-state index in [1.807, 2.05) is 0 Å². The molecule has 0 radical (unpaired) electrons. The van der Waals surface area contributed by atoms with Gasteiger partial charge in [0.15, 0.2) is 0 Å². The van der Waals surface area contributed by atoms with Gasteiger partial charge in [0.05, 0.1) is 5.56 Å². The van der Waals surface area contributed by atoms with E-state index in [1.165, 1.54) is 56.3 Å². The smallest absolute Gasteiger partial charge is 0.360 e. The number of unbranched alkanes of at least 4 members (excludes halogenated alkanes) is 8. The molecule has 0 fully saturated rings. The van der Waals surface area contributed by atoms with Crippen molar-refractivity contribution in [3.05, 3.63) is 35.4 Å². The van der Waals surface area contributed by atoms with E-state index in [1.54, 1.807) is 0 Å². The van der Waals surface area contributed by atoms with Crippen LogP contribution in [-0.2, 0) is 6.18 Å².